The summed E-state index contributed by atoms with van der Waals surface area (Å²) in [6.45, 7) is 3.32. The van der Waals surface area contributed by atoms with Crippen molar-refractivity contribution in [1.29, 1.82) is 0 Å². The number of hydrogen-bond donors (Lipinski definition) is 1. The van der Waals surface area contributed by atoms with Gasteiger partial charge in [0.2, 0.25) is 11.0 Å². The molecule has 0 spiro atoms. The Morgan fingerprint density at radius 3 is 2.19 bits per heavy atom. The molecule has 0 aliphatic carbocycles. The standard InChI is InChI=1S/C26H26N4O5S2/c1-17-5-9-19(10-6-17)25-28-29-26(36-25)27-24(31)16-30(22-15-20(34-3)11-14-23(22)35-4)37(32,33)21-12-7-18(2)8-13-21/h5-15H,16H2,1-4H3,(H,27,29,31). The third kappa shape index (κ3) is 5.89. The highest BCUT2D eigenvalue weighted by Gasteiger charge is 2.30. The molecule has 0 atom stereocenters. The van der Waals surface area contributed by atoms with Crippen molar-refractivity contribution in [3.8, 4) is 22.1 Å². The molecule has 1 N–H and O–H groups in total. The maximum Gasteiger partial charge on any atom is 0.264 e. The Balaban J connectivity index is 1.66. The predicted octanol–water partition coefficient (Wildman–Crippen LogP) is 4.67. The average molecular weight is 539 g/mol. The maximum atomic E-state index is 13.7. The number of ether oxygens (including phenoxy) is 2. The molecule has 0 unspecified atom stereocenters. The number of rotatable bonds is 9. The molecule has 4 rings (SSSR count). The topological polar surface area (TPSA) is 111 Å². The van der Waals surface area contributed by atoms with Crippen LogP contribution in [0.4, 0.5) is 10.8 Å². The third-order valence-corrected chi connectivity index (χ3v) is 8.18. The number of aryl methyl sites for hydroxylation is 2. The highest BCUT2D eigenvalue weighted by atomic mass is 32.2. The number of sulfonamides is 1. The van der Waals surface area contributed by atoms with Gasteiger partial charge in [0.05, 0.1) is 24.8 Å². The van der Waals surface area contributed by atoms with E-state index in [-0.39, 0.29) is 21.5 Å². The van der Waals surface area contributed by atoms with E-state index in [0.717, 1.165) is 21.0 Å². The fourth-order valence-electron chi connectivity index (χ4n) is 3.50. The highest BCUT2D eigenvalue weighted by molar-refractivity contribution is 7.92. The van der Waals surface area contributed by atoms with Gasteiger partial charge < -0.3 is 9.47 Å². The van der Waals surface area contributed by atoms with E-state index in [2.05, 4.69) is 15.5 Å². The number of carbonyl (C=O) groups excluding carboxylic acids is 1. The van der Waals surface area contributed by atoms with E-state index in [4.69, 9.17) is 9.47 Å². The monoisotopic (exact) mass is 538 g/mol. The van der Waals surface area contributed by atoms with Crippen LogP contribution in [0, 0.1) is 13.8 Å². The molecule has 0 aliphatic rings. The average Bonchev–Trinajstić information content (AvgIpc) is 3.35. The summed E-state index contributed by atoms with van der Waals surface area (Å²) in [6, 6.07) is 18.9. The highest BCUT2D eigenvalue weighted by Crippen LogP contribution is 2.36. The zero-order valence-electron chi connectivity index (χ0n) is 20.8. The van der Waals surface area contributed by atoms with Crippen molar-refractivity contribution in [3.05, 3.63) is 77.9 Å². The Morgan fingerprint density at radius 1 is 0.919 bits per heavy atom. The van der Waals surface area contributed by atoms with Crippen LogP contribution in [-0.2, 0) is 14.8 Å². The van der Waals surface area contributed by atoms with E-state index in [9.17, 15) is 13.2 Å². The van der Waals surface area contributed by atoms with E-state index in [1.165, 1.54) is 43.8 Å². The van der Waals surface area contributed by atoms with Gasteiger partial charge in [0, 0.05) is 11.6 Å². The number of amides is 1. The zero-order valence-corrected chi connectivity index (χ0v) is 22.4. The smallest absolute Gasteiger partial charge is 0.264 e. The van der Waals surface area contributed by atoms with Crippen LogP contribution >= 0.6 is 11.3 Å². The van der Waals surface area contributed by atoms with Gasteiger partial charge in [-0.2, -0.15) is 0 Å². The van der Waals surface area contributed by atoms with Gasteiger partial charge in [-0.15, -0.1) is 10.2 Å². The number of benzene rings is 3. The van der Waals surface area contributed by atoms with Crippen LogP contribution in [0.15, 0.2) is 71.6 Å². The van der Waals surface area contributed by atoms with E-state index in [1.807, 2.05) is 38.1 Å². The summed E-state index contributed by atoms with van der Waals surface area (Å²) in [7, 11) is -1.26. The number of aromatic nitrogens is 2. The Kier molecular flexibility index (Phi) is 7.74. The molecule has 4 aromatic rings. The molecule has 0 saturated heterocycles. The van der Waals surface area contributed by atoms with Crippen LogP contribution in [-0.4, -0.2) is 45.3 Å². The third-order valence-electron chi connectivity index (χ3n) is 5.52. The van der Waals surface area contributed by atoms with Crippen molar-refractivity contribution in [1.82, 2.24) is 10.2 Å². The second-order valence-electron chi connectivity index (χ2n) is 8.19. The van der Waals surface area contributed by atoms with E-state index in [1.54, 1.807) is 24.3 Å². The SMILES string of the molecule is COc1ccc(OC)c(N(CC(=O)Nc2nnc(-c3ccc(C)cc3)s2)S(=O)(=O)c2ccc(C)cc2)c1. The lowest BCUT2D eigenvalue weighted by atomic mass is 10.2. The van der Waals surface area contributed by atoms with E-state index in [0.29, 0.717) is 10.8 Å². The van der Waals surface area contributed by atoms with Crippen LogP contribution in [0.5, 0.6) is 11.5 Å². The zero-order chi connectivity index (χ0) is 26.6. The molecule has 1 heterocycles. The first-order chi connectivity index (χ1) is 17.7. The molecular weight excluding hydrogens is 512 g/mol. The molecule has 0 bridgehead atoms. The first-order valence-corrected chi connectivity index (χ1v) is 13.5. The van der Waals surface area contributed by atoms with Gasteiger partial charge in [0.1, 0.15) is 23.1 Å². The molecule has 0 saturated carbocycles. The molecule has 192 valence electrons. The number of carbonyl (C=O) groups is 1. The lowest BCUT2D eigenvalue weighted by Gasteiger charge is -2.26. The van der Waals surface area contributed by atoms with Crippen molar-refractivity contribution in [2.45, 2.75) is 18.7 Å². The fraction of sp³-hybridized carbons (Fsp3) is 0.192. The van der Waals surface area contributed by atoms with E-state index < -0.39 is 22.5 Å². The number of anilines is 2. The van der Waals surface area contributed by atoms with Crippen molar-refractivity contribution in [2.75, 3.05) is 30.4 Å². The van der Waals surface area contributed by atoms with Crippen LogP contribution in [0.2, 0.25) is 0 Å². The Morgan fingerprint density at radius 2 is 1.57 bits per heavy atom. The molecule has 3 aromatic carbocycles. The molecule has 1 amide bonds. The predicted molar refractivity (Wildman–Crippen MR) is 144 cm³/mol. The number of nitrogens with one attached hydrogen (secondary N) is 1. The van der Waals surface area contributed by atoms with Gasteiger partial charge in [0.25, 0.3) is 10.0 Å². The minimum absolute atomic E-state index is 0.0355. The lowest BCUT2D eigenvalue weighted by molar-refractivity contribution is -0.114. The van der Waals surface area contributed by atoms with Crippen LogP contribution < -0.4 is 19.1 Å². The second-order valence-corrected chi connectivity index (χ2v) is 11.0. The van der Waals surface area contributed by atoms with Gasteiger partial charge in [-0.3, -0.25) is 14.4 Å². The van der Waals surface area contributed by atoms with Crippen LogP contribution in [0.3, 0.4) is 0 Å². The molecule has 9 nitrogen and oxygen atoms in total. The molecule has 0 aliphatic heterocycles. The Labute approximate surface area is 219 Å². The van der Waals surface area contributed by atoms with Crippen molar-refractivity contribution >= 4 is 38.1 Å². The van der Waals surface area contributed by atoms with Gasteiger partial charge in [-0.05, 0) is 38.1 Å². The van der Waals surface area contributed by atoms with Crippen molar-refractivity contribution in [2.24, 2.45) is 0 Å². The van der Waals surface area contributed by atoms with Crippen LogP contribution in [0.1, 0.15) is 11.1 Å². The number of nitrogens with zero attached hydrogens (tertiary/aromatic N) is 3. The summed E-state index contributed by atoms with van der Waals surface area (Å²) in [5.41, 5.74) is 3.05. The molecule has 0 fully saturated rings. The first kappa shape index (κ1) is 26.1. The minimum atomic E-state index is -4.15. The van der Waals surface area contributed by atoms with E-state index >= 15 is 0 Å². The molecule has 11 heteroatoms. The van der Waals surface area contributed by atoms with Crippen molar-refractivity contribution in [3.63, 3.8) is 0 Å². The molecule has 1 aromatic heterocycles. The second kappa shape index (κ2) is 11.0. The number of methoxy groups -OCH3 is 2. The largest absolute Gasteiger partial charge is 0.497 e. The Bertz CT molecular complexity index is 1500. The van der Waals surface area contributed by atoms with Crippen LogP contribution in [0.25, 0.3) is 10.6 Å². The summed E-state index contributed by atoms with van der Waals surface area (Å²) >= 11 is 1.20. The summed E-state index contributed by atoms with van der Waals surface area (Å²) < 4.78 is 39.2. The maximum absolute atomic E-state index is 13.7. The van der Waals surface area contributed by atoms with Gasteiger partial charge in [-0.1, -0.05) is 58.9 Å². The fourth-order valence-corrected chi connectivity index (χ4v) is 5.69. The van der Waals surface area contributed by atoms with Gasteiger partial charge in [0.15, 0.2) is 0 Å². The Hall–Kier alpha value is -3.96. The molecule has 37 heavy (non-hydrogen) atoms. The minimum Gasteiger partial charge on any atom is -0.497 e. The molecular formula is C26H26N4O5S2. The quantitative estimate of drug-likeness (QED) is 0.330. The molecule has 0 radical (unpaired) electrons. The summed E-state index contributed by atoms with van der Waals surface area (Å²) in [4.78, 5) is 13.2. The lowest BCUT2D eigenvalue weighted by Crippen LogP contribution is -2.38. The summed E-state index contributed by atoms with van der Waals surface area (Å²) in [5, 5.41) is 11.8. The van der Waals surface area contributed by atoms with Crippen molar-refractivity contribution < 1.29 is 22.7 Å². The van der Waals surface area contributed by atoms with Gasteiger partial charge in [-0.25, -0.2) is 8.42 Å². The normalized spacial score (nSPS) is 11.1. The summed E-state index contributed by atoms with van der Waals surface area (Å²) in [6.07, 6.45) is 0. The van der Waals surface area contributed by atoms with Gasteiger partial charge >= 0.3 is 0 Å². The number of hydrogen-bond acceptors (Lipinski definition) is 8. The first-order valence-electron chi connectivity index (χ1n) is 11.2. The summed E-state index contributed by atoms with van der Waals surface area (Å²) in [5.74, 6) is 0.0844.